The summed E-state index contributed by atoms with van der Waals surface area (Å²) < 4.78 is 11.1. The molecule has 2 heterocycles. The zero-order valence-electron chi connectivity index (χ0n) is 14.6. The second-order valence-electron chi connectivity index (χ2n) is 5.94. The Balaban J connectivity index is 1.64. The smallest absolute Gasteiger partial charge is 0.260 e. The molecule has 27 heavy (non-hydrogen) atoms. The maximum atomic E-state index is 13.1. The lowest BCUT2D eigenvalue weighted by molar-refractivity contribution is 0.0988. The van der Waals surface area contributed by atoms with Gasteiger partial charge in [0, 0.05) is 23.1 Å². The zero-order chi connectivity index (χ0) is 18.6. The number of anilines is 1. The molecule has 5 nitrogen and oxygen atoms in total. The van der Waals surface area contributed by atoms with E-state index in [1.165, 1.54) is 11.3 Å². The Hall–Kier alpha value is -3.12. The van der Waals surface area contributed by atoms with Crippen molar-refractivity contribution in [2.75, 3.05) is 24.7 Å². The van der Waals surface area contributed by atoms with Crippen molar-refractivity contribution >= 4 is 22.4 Å². The van der Waals surface area contributed by atoms with E-state index in [2.05, 4.69) is 11.6 Å². The van der Waals surface area contributed by atoms with Crippen molar-refractivity contribution < 1.29 is 14.3 Å². The van der Waals surface area contributed by atoms with Gasteiger partial charge >= 0.3 is 0 Å². The van der Waals surface area contributed by atoms with Crippen molar-refractivity contribution in [1.82, 2.24) is 4.98 Å². The molecule has 0 saturated carbocycles. The fourth-order valence-corrected chi connectivity index (χ4v) is 3.68. The summed E-state index contributed by atoms with van der Waals surface area (Å²) in [6.45, 7) is 5.14. The van der Waals surface area contributed by atoms with Crippen LogP contribution in [0.5, 0.6) is 11.5 Å². The van der Waals surface area contributed by atoms with Gasteiger partial charge in [0.25, 0.3) is 5.91 Å². The molecule has 0 spiro atoms. The summed E-state index contributed by atoms with van der Waals surface area (Å²) >= 11 is 1.43. The fraction of sp³-hybridized carbons (Fsp3) is 0.143. The Kier molecular flexibility index (Phi) is 4.89. The van der Waals surface area contributed by atoms with E-state index in [1.807, 2.05) is 35.7 Å². The lowest BCUT2D eigenvalue weighted by atomic mass is 10.1. The number of aromatic nitrogens is 1. The molecule has 1 aliphatic rings. The number of fused-ring (bicyclic) bond motifs is 1. The third kappa shape index (κ3) is 3.57. The molecule has 3 aromatic rings. The van der Waals surface area contributed by atoms with Gasteiger partial charge in [-0.25, -0.2) is 4.98 Å². The molecule has 0 aliphatic carbocycles. The highest BCUT2D eigenvalue weighted by molar-refractivity contribution is 7.14. The van der Waals surface area contributed by atoms with Gasteiger partial charge in [0.2, 0.25) is 0 Å². The number of carbonyl (C=O) groups excluding carboxylic acids is 1. The van der Waals surface area contributed by atoms with Crippen LogP contribution in [0.25, 0.3) is 11.3 Å². The van der Waals surface area contributed by atoms with Gasteiger partial charge in [0.1, 0.15) is 13.2 Å². The van der Waals surface area contributed by atoms with Gasteiger partial charge in [0.15, 0.2) is 16.6 Å². The summed E-state index contributed by atoms with van der Waals surface area (Å²) in [6.07, 6.45) is 1.69. The largest absolute Gasteiger partial charge is 0.486 e. The molecule has 136 valence electrons. The first-order chi connectivity index (χ1) is 13.3. The first-order valence-corrected chi connectivity index (χ1v) is 9.47. The monoisotopic (exact) mass is 378 g/mol. The average Bonchev–Trinajstić information content (AvgIpc) is 3.22. The molecule has 2 aromatic carbocycles. The minimum atomic E-state index is -0.152. The number of nitrogens with zero attached hydrogens (tertiary/aromatic N) is 2. The number of benzene rings is 2. The van der Waals surface area contributed by atoms with Gasteiger partial charge in [0.05, 0.1) is 5.69 Å². The Morgan fingerprint density at radius 1 is 1.15 bits per heavy atom. The third-order valence-corrected chi connectivity index (χ3v) is 5.00. The first kappa shape index (κ1) is 17.3. The molecule has 0 saturated heterocycles. The van der Waals surface area contributed by atoms with Crippen LogP contribution in [0.15, 0.2) is 66.6 Å². The van der Waals surface area contributed by atoms with Crippen LogP contribution in [0.1, 0.15) is 10.4 Å². The SMILES string of the molecule is C=CCN(C(=O)c1ccc2c(c1)OCCO2)c1nc(-c2ccccc2)cs1. The van der Waals surface area contributed by atoms with Gasteiger partial charge in [-0.3, -0.25) is 9.69 Å². The Morgan fingerprint density at radius 3 is 2.70 bits per heavy atom. The molecular formula is C21H18N2O3S. The number of ether oxygens (including phenoxy) is 2. The van der Waals surface area contributed by atoms with Crippen molar-refractivity contribution in [2.24, 2.45) is 0 Å². The second kappa shape index (κ2) is 7.63. The summed E-state index contributed by atoms with van der Waals surface area (Å²) in [7, 11) is 0. The molecule has 0 fully saturated rings. The normalized spacial score (nSPS) is 12.4. The predicted octanol–water partition coefficient (Wildman–Crippen LogP) is 4.41. The van der Waals surface area contributed by atoms with Gasteiger partial charge in [-0.05, 0) is 18.2 Å². The minimum Gasteiger partial charge on any atom is -0.486 e. The topological polar surface area (TPSA) is 51.7 Å². The average molecular weight is 378 g/mol. The molecule has 6 heteroatoms. The summed E-state index contributed by atoms with van der Waals surface area (Å²) in [4.78, 5) is 19.4. The van der Waals surface area contributed by atoms with E-state index in [9.17, 15) is 4.79 Å². The second-order valence-corrected chi connectivity index (χ2v) is 6.78. The highest BCUT2D eigenvalue weighted by atomic mass is 32.1. The van der Waals surface area contributed by atoms with Crippen molar-refractivity contribution in [3.63, 3.8) is 0 Å². The summed E-state index contributed by atoms with van der Waals surface area (Å²) in [6, 6.07) is 15.1. The predicted molar refractivity (Wildman–Crippen MR) is 107 cm³/mol. The number of hydrogen-bond donors (Lipinski definition) is 0. The summed E-state index contributed by atoms with van der Waals surface area (Å²) in [5, 5.41) is 2.59. The third-order valence-electron chi connectivity index (χ3n) is 4.14. The standard InChI is InChI=1S/C21H18N2O3S/c1-2-10-23(21-22-17(14-27-21)15-6-4-3-5-7-15)20(24)16-8-9-18-19(13-16)26-12-11-25-18/h2-9,13-14H,1,10-12H2. The molecular weight excluding hydrogens is 360 g/mol. The van der Waals surface area contributed by atoms with Crippen LogP contribution < -0.4 is 14.4 Å². The molecule has 0 atom stereocenters. The lowest BCUT2D eigenvalue weighted by Crippen LogP contribution is -2.31. The van der Waals surface area contributed by atoms with Crippen LogP contribution in [0.2, 0.25) is 0 Å². The highest BCUT2D eigenvalue weighted by Crippen LogP contribution is 2.33. The molecule has 1 aliphatic heterocycles. The molecule has 0 N–H and O–H groups in total. The quantitative estimate of drug-likeness (QED) is 0.617. The minimum absolute atomic E-state index is 0.152. The van der Waals surface area contributed by atoms with E-state index in [0.29, 0.717) is 42.0 Å². The van der Waals surface area contributed by atoms with Crippen LogP contribution >= 0.6 is 11.3 Å². The summed E-state index contributed by atoms with van der Waals surface area (Å²) in [5.74, 6) is 1.10. The Morgan fingerprint density at radius 2 is 1.93 bits per heavy atom. The van der Waals surface area contributed by atoms with Gasteiger partial charge in [-0.15, -0.1) is 17.9 Å². The van der Waals surface area contributed by atoms with E-state index in [0.717, 1.165) is 11.3 Å². The van der Waals surface area contributed by atoms with E-state index >= 15 is 0 Å². The molecule has 4 rings (SSSR count). The van der Waals surface area contributed by atoms with Gasteiger partial charge in [-0.1, -0.05) is 36.4 Å². The number of rotatable bonds is 5. The zero-order valence-corrected chi connectivity index (χ0v) is 15.4. The van der Waals surface area contributed by atoms with Crippen LogP contribution in [-0.2, 0) is 0 Å². The van der Waals surface area contributed by atoms with E-state index in [4.69, 9.17) is 9.47 Å². The molecule has 0 bridgehead atoms. The maximum Gasteiger partial charge on any atom is 0.260 e. The van der Waals surface area contributed by atoms with Gasteiger partial charge in [-0.2, -0.15) is 0 Å². The fourth-order valence-electron chi connectivity index (χ4n) is 2.84. The Bertz CT molecular complexity index is 969. The van der Waals surface area contributed by atoms with Crippen LogP contribution in [-0.4, -0.2) is 30.6 Å². The van der Waals surface area contributed by atoms with Gasteiger partial charge < -0.3 is 9.47 Å². The van der Waals surface area contributed by atoms with E-state index in [-0.39, 0.29) is 5.91 Å². The highest BCUT2D eigenvalue weighted by Gasteiger charge is 2.22. The van der Waals surface area contributed by atoms with Crippen molar-refractivity contribution in [1.29, 1.82) is 0 Å². The van der Waals surface area contributed by atoms with Crippen molar-refractivity contribution in [2.45, 2.75) is 0 Å². The summed E-state index contributed by atoms with van der Waals surface area (Å²) in [5.41, 5.74) is 2.39. The lowest BCUT2D eigenvalue weighted by Gasteiger charge is -2.21. The van der Waals surface area contributed by atoms with E-state index in [1.54, 1.807) is 29.2 Å². The van der Waals surface area contributed by atoms with Crippen molar-refractivity contribution in [3.05, 3.63) is 72.1 Å². The first-order valence-electron chi connectivity index (χ1n) is 8.59. The maximum absolute atomic E-state index is 13.1. The van der Waals surface area contributed by atoms with Crippen LogP contribution in [0, 0.1) is 0 Å². The van der Waals surface area contributed by atoms with Crippen LogP contribution in [0.4, 0.5) is 5.13 Å². The number of carbonyl (C=O) groups is 1. The molecule has 1 aromatic heterocycles. The van der Waals surface area contributed by atoms with Crippen molar-refractivity contribution in [3.8, 4) is 22.8 Å². The number of amides is 1. The molecule has 1 amide bonds. The number of thiazole rings is 1. The molecule has 0 radical (unpaired) electrons. The van der Waals surface area contributed by atoms with E-state index < -0.39 is 0 Å². The van der Waals surface area contributed by atoms with Crippen LogP contribution in [0.3, 0.4) is 0 Å². The Labute approximate surface area is 161 Å². The number of hydrogen-bond acceptors (Lipinski definition) is 5. The molecule has 0 unspecified atom stereocenters.